The van der Waals surface area contributed by atoms with Crippen LogP contribution < -0.4 is 24.8 Å². The Morgan fingerprint density at radius 3 is 2.07 bits per heavy atom. The van der Waals surface area contributed by atoms with E-state index in [-0.39, 0.29) is 12.1 Å². The van der Waals surface area contributed by atoms with E-state index in [0.717, 1.165) is 52.8 Å². The molecule has 4 aromatic rings. The van der Waals surface area contributed by atoms with Crippen LogP contribution in [0.15, 0.2) is 89.8 Å². The topological polar surface area (TPSA) is 175 Å². The number of anilines is 1. The number of sulfonamides is 1. The summed E-state index contributed by atoms with van der Waals surface area (Å²) in [5, 5.41) is 18.1. The van der Waals surface area contributed by atoms with Crippen LogP contribution in [-0.4, -0.2) is 56.7 Å². The number of ether oxygens (including phenoxy) is 3. The van der Waals surface area contributed by atoms with Gasteiger partial charge in [-0.25, -0.2) is 17.9 Å². The third-order valence-electron chi connectivity index (χ3n) is 8.37. The summed E-state index contributed by atoms with van der Waals surface area (Å²) in [6.45, 7) is 10.2. The van der Waals surface area contributed by atoms with Gasteiger partial charge in [-0.15, -0.1) is 0 Å². The van der Waals surface area contributed by atoms with Crippen molar-refractivity contribution < 1.29 is 37.1 Å². The quantitative estimate of drug-likeness (QED) is 0.0477. The van der Waals surface area contributed by atoms with Crippen molar-refractivity contribution in [2.45, 2.75) is 83.3 Å². The van der Waals surface area contributed by atoms with Crippen LogP contribution >= 0.6 is 11.6 Å². The molecule has 0 saturated carbocycles. The van der Waals surface area contributed by atoms with Crippen molar-refractivity contribution in [3.63, 3.8) is 0 Å². The number of nitrogens with zero attached hydrogens (tertiary/aromatic N) is 1. The van der Waals surface area contributed by atoms with E-state index in [1.54, 1.807) is 45.0 Å². The van der Waals surface area contributed by atoms with Gasteiger partial charge in [0.1, 0.15) is 28.8 Å². The largest absolute Gasteiger partial charge is 0.494 e. The Balaban J connectivity index is 1.36. The first-order valence-corrected chi connectivity index (χ1v) is 20.1. The van der Waals surface area contributed by atoms with Crippen molar-refractivity contribution in [1.29, 1.82) is 0 Å². The number of rotatable bonds is 19. The van der Waals surface area contributed by atoms with Gasteiger partial charge >= 0.3 is 6.09 Å². The molecule has 2 amide bonds. The molecule has 4 aromatic carbocycles. The summed E-state index contributed by atoms with van der Waals surface area (Å²) in [5.74, 6) is 0.286. The summed E-state index contributed by atoms with van der Waals surface area (Å²) < 4.78 is 45.8. The minimum atomic E-state index is -4.61. The van der Waals surface area contributed by atoms with Crippen LogP contribution in [0.5, 0.6) is 11.5 Å². The van der Waals surface area contributed by atoms with Crippen LogP contribution in [0.4, 0.5) is 16.2 Å². The van der Waals surface area contributed by atoms with Crippen molar-refractivity contribution in [1.82, 2.24) is 10.0 Å². The van der Waals surface area contributed by atoms with E-state index in [1.807, 2.05) is 61.0 Å². The Morgan fingerprint density at radius 2 is 1.46 bits per heavy atom. The van der Waals surface area contributed by atoms with Crippen LogP contribution in [0.1, 0.15) is 62.3 Å². The van der Waals surface area contributed by atoms with Crippen LogP contribution in [0.3, 0.4) is 0 Å². The summed E-state index contributed by atoms with van der Waals surface area (Å²) in [4.78, 5) is 37.0. The Hall–Kier alpha value is -5.34. The van der Waals surface area contributed by atoms with Crippen LogP contribution in [0.25, 0.3) is 0 Å². The molecule has 4 rings (SSSR count). The Bertz CT molecular complexity index is 2050. The number of nitro groups is 1. The summed E-state index contributed by atoms with van der Waals surface area (Å²) in [6.07, 6.45) is 1.90. The van der Waals surface area contributed by atoms with Gasteiger partial charge in [-0.2, -0.15) is 0 Å². The minimum Gasteiger partial charge on any atom is -0.494 e. The average molecular weight is 809 g/mol. The maximum Gasteiger partial charge on any atom is 0.408 e. The highest BCUT2D eigenvalue weighted by Gasteiger charge is 2.30. The van der Waals surface area contributed by atoms with Gasteiger partial charge in [0.05, 0.1) is 23.0 Å². The van der Waals surface area contributed by atoms with Gasteiger partial charge < -0.3 is 24.8 Å². The maximum atomic E-state index is 13.5. The second kappa shape index (κ2) is 20.0. The predicted octanol–water partition coefficient (Wildman–Crippen LogP) is 8.09. The number of alkyl carbamates (subject to hydrolysis) is 1. The Labute approximate surface area is 333 Å². The fourth-order valence-electron chi connectivity index (χ4n) is 5.59. The van der Waals surface area contributed by atoms with Crippen molar-refractivity contribution in [2.75, 3.05) is 25.1 Å². The molecular formula is C41H49ClN4O9S. The first kappa shape index (κ1) is 43.4. The molecule has 0 fully saturated rings. The van der Waals surface area contributed by atoms with Gasteiger partial charge in [-0.3, -0.25) is 14.9 Å². The molecule has 0 unspecified atom stereocenters. The highest BCUT2D eigenvalue weighted by molar-refractivity contribution is 7.90. The number of nitro benzene ring substituents is 1. The molecule has 3 N–H and O–H groups in total. The molecule has 0 bridgehead atoms. The van der Waals surface area contributed by atoms with Gasteiger partial charge in [0.25, 0.3) is 21.6 Å². The van der Waals surface area contributed by atoms with Gasteiger partial charge in [0.2, 0.25) is 0 Å². The zero-order chi connectivity index (χ0) is 40.9. The van der Waals surface area contributed by atoms with Gasteiger partial charge in [0.15, 0.2) is 0 Å². The molecule has 0 aromatic heterocycles. The molecule has 0 saturated heterocycles. The molecule has 0 radical (unpaired) electrons. The second-order valence-corrected chi connectivity index (χ2v) is 16.3. The minimum absolute atomic E-state index is 0.103. The second-order valence-electron chi connectivity index (χ2n) is 14.2. The lowest BCUT2D eigenvalue weighted by Gasteiger charge is -2.23. The zero-order valence-corrected chi connectivity index (χ0v) is 33.8. The van der Waals surface area contributed by atoms with E-state index >= 15 is 0 Å². The Kier molecular flexibility index (Phi) is 15.5. The molecule has 56 heavy (non-hydrogen) atoms. The van der Waals surface area contributed by atoms with E-state index in [4.69, 9.17) is 25.8 Å². The first-order chi connectivity index (χ1) is 26.5. The number of benzene rings is 4. The lowest BCUT2D eigenvalue weighted by atomic mass is 10.1. The molecular weight excluding hydrogens is 760 g/mol. The number of unbranched alkanes of at least 4 members (excludes halogenated alkanes) is 1. The zero-order valence-electron chi connectivity index (χ0n) is 32.2. The number of nitrogens with one attached hydrogen (secondary N) is 3. The molecule has 0 aliphatic heterocycles. The summed E-state index contributed by atoms with van der Waals surface area (Å²) in [7, 11) is -4.61. The summed E-state index contributed by atoms with van der Waals surface area (Å²) >= 11 is 6.23. The lowest BCUT2D eigenvalue weighted by molar-refractivity contribution is -0.384. The molecule has 0 aliphatic carbocycles. The summed E-state index contributed by atoms with van der Waals surface area (Å²) in [6, 6.07) is 22.3. The van der Waals surface area contributed by atoms with Crippen molar-refractivity contribution in [2.24, 2.45) is 0 Å². The average Bonchev–Trinajstić information content (AvgIpc) is 3.13. The fourth-order valence-corrected chi connectivity index (χ4v) is 6.74. The normalized spacial score (nSPS) is 12.0. The molecule has 0 spiro atoms. The van der Waals surface area contributed by atoms with Crippen LogP contribution in [-0.2, 0) is 32.4 Å². The molecule has 1 atom stereocenters. The van der Waals surface area contributed by atoms with E-state index in [2.05, 4.69) is 10.6 Å². The lowest BCUT2D eigenvalue weighted by Crippen LogP contribution is -2.50. The van der Waals surface area contributed by atoms with Crippen LogP contribution in [0, 0.1) is 24.0 Å². The SMILES string of the molecule is Cc1cc(OCCCCOc2ccc(C[C@H](NC(=O)OC(C)(C)C)C(=O)NS(=O)(=O)c3ccc(NCCCc4ccccc4)c([N+](=O)[O-])c3)cc2)cc(C)c1Cl. The molecule has 300 valence electrons. The first-order valence-electron chi connectivity index (χ1n) is 18.2. The van der Waals surface area contributed by atoms with Gasteiger partial charge in [-0.05, 0) is 119 Å². The smallest absolute Gasteiger partial charge is 0.408 e. The summed E-state index contributed by atoms with van der Waals surface area (Å²) in [5.41, 5.74) is 2.40. The van der Waals surface area contributed by atoms with E-state index in [9.17, 15) is 28.1 Å². The third kappa shape index (κ3) is 13.7. The molecule has 15 heteroatoms. The number of aryl methyl sites for hydroxylation is 3. The van der Waals surface area contributed by atoms with Crippen molar-refractivity contribution >= 4 is 45.0 Å². The van der Waals surface area contributed by atoms with Crippen LogP contribution in [0.2, 0.25) is 5.02 Å². The standard InChI is InChI=1S/C41H49ClN4O9S/c1-28-24-33(25-29(2)38(28)42)54-23-10-9-22-53-32-17-15-31(16-18-32)26-36(44-40(48)55-41(3,4)5)39(47)45-56(51,52)34-19-20-35(37(27-34)46(49)50)43-21-11-14-30-12-7-6-8-13-30/h6-8,12-13,15-20,24-25,27,36,43H,9-11,14,21-23,26H2,1-5H3,(H,44,48)(H,45,47)/t36-/m0/s1. The third-order valence-corrected chi connectivity index (χ3v) is 10.3. The fraction of sp³-hybridized carbons (Fsp3) is 0.366. The predicted molar refractivity (Wildman–Crippen MR) is 216 cm³/mol. The van der Waals surface area contributed by atoms with E-state index in [0.29, 0.717) is 37.5 Å². The van der Waals surface area contributed by atoms with Gasteiger partial charge in [0, 0.05) is 24.1 Å². The van der Waals surface area contributed by atoms with Crippen molar-refractivity contribution in [3.8, 4) is 11.5 Å². The van der Waals surface area contributed by atoms with Crippen molar-refractivity contribution in [3.05, 3.63) is 122 Å². The Morgan fingerprint density at radius 1 is 0.839 bits per heavy atom. The number of halogens is 1. The van der Waals surface area contributed by atoms with Gasteiger partial charge in [-0.1, -0.05) is 54.1 Å². The molecule has 0 aliphatic rings. The highest BCUT2D eigenvalue weighted by atomic mass is 35.5. The maximum absolute atomic E-state index is 13.5. The number of carbonyl (C=O) groups excluding carboxylic acids is 2. The monoisotopic (exact) mass is 808 g/mol. The number of hydrogen-bond acceptors (Lipinski definition) is 10. The highest BCUT2D eigenvalue weighted by Crippen LogP contribution is 2.28. The number of hydrogen-bond donors (Lipinski definition) is 3. The molecule has 13 nitrogen and oxygen atoms in total. The van der Waals surface area contributed by atoms with E-state index in [1.165, 1.54) is 12.1 Å². The number of amides is 2. The van der Waals surface area contributed by atoms with E-state index < -0.39 is 49.2 Å². The number of carbonyl (C=O) groups is 2. The molecule has 0 heterocycles.